The van der Waals surface area contributed by atoms with Gasteiger partial charge in [0.2, 0.25) is 5.91 Å². The quantitative estimate of drug-likeness (QED) is 0.677. The molecule has 0 radical (unpaired) electrons. The van der Waals surface area contributed by atoms with Crippen molar-refractivity contribution in [3.8, 4) is 0 Å². The molecule has 3 nitrogen and oxygen atoms in total. The van der Waals surface area contributed by atoms with Gasteiger partial charge in [0, 0.05) is 24.5 Å². The third-order valence-electron chi connectivity index (χ3n) is 2.51. The van der Waals surface area contributed by atoms with E-state index in [4.69, 9.17) is 0 Å². The van der Waals surface area contributed by atoms with Gasteiger partial charge < -0.3 is 4.90 Å². The molecule has 0 saturated carbocycles. The van der Waals surface area contributed by atoms with Crippen LogP contribution in [-0.2, 0) is 11.3 Å². The lowest BCUT2D eigenvalue weighted by atomic mass is 10.3. The third-order valence-corrected chi connectivity index (χ3v) is 4.12. The van der Waals surface area contributed by atoms with E-state index in [1.54, 1.807) is 28.4 Å². The molecule has 0 aromatic carbocycles. The number of hydrogen-bond acceptors (Lipinski definition) is 3. The Kier molecular flexibility index (Phi) is 7.05. The van der Waals surface area contributed by atoms with E-state index in [1.165, 1.54) is 4.88 Å². The predicted molar refractivity (Wildman–Crippen MR) is 85.3 cm³/mol. The lowest BCUT2D eigenvalue weighted by Crippen LogP contribution is -2.38. The van der Waals surface area contributed by atoms with E-state index in [1.807, 2.05) is 18.0 Å². The van der Waals surface area contributed by atoms with Crippen molar-refractivity contribution in [3.63, 3.8) is 0 Å². The van der Waals surface area contributed by atoms with Gasteiger partial charge in [-0.3, -0.25) is 9.69 Å². The van der Waals surface area contributed by atoms with Gasteiger partial charge in [-0.2, -0.15) is 0 Å². The highest BCUT2D eigenvalue weighted by Crippen LogP contribution is 2.22. The molecule has 0 aliphatic rings. The van der Waals surface area contributed by atoms with Gasteiger partial charge >= 0.3 is 0 Å². The minimum Gasteiger partial charge on any atom is -0.334 e. The van der Waals surface area contributed by atoms with Gasteiger partial charge in [-0.1, -0.05) is 12.2 Å². The Labute approximate surface area is 127 Å². The fourth-order valence-electron chi connectivity index (χ4n) is 1.68. The summed E-state index contributed by atoms with van der Waals surface area (Å²) in [4.78, 5) is 17.1. The Morgan fingerprint density at radius 2 is 2.00 bits per heavy atom. The summed E-state index contributed by atoms with van der Waals surface area (Å²) in [6.07, 6.45) is 3.47. The molecule has 1 amide bonds. The number of halogens is 1. The van der Waals surface area contributed by atoms with E-state index in [0.717, 1.165) is 10.3 Å². The Bertz CT molecular complexity index is 434. The monoisotopic (exact) mass is 342 g/mol. The number of hydrogen-bond donors (Lipinski definition) is 0. The molecule has 0 saturated heterocycles. The van der Waals surface area contributed by atoms with Crippen molar-refractivity contribution in [3.05, 3.63) is 46.1 Å². The molecule has 0 fully saturated rings. The van der Waals surface area contributed by atoms with E-state index in [-0.39, 0.29) is 5.91 Å². The zero-order valence-electron chi connectivity index (χ0n) is 11.1. The van der Waals surface area contributed by atoms with Crippen LogP contribution in [0.1, 0.15) is 4.88 Å². The highest BCUT2D eigenvalue weighted by atomic mass is 79.9. The summed E-state index contributed by atoms with van der Waals surface area (Å²) in [5, 5.41) is 0. The second-order valence-electron chi connectivity index (χ2n) is 4.25. The van der Waals surface area contributed by atoms with Crippen LogP contribution in [0, 0.1) is 0 Å². The van der Waals surface area contributed by atoms with Crippen LogP contribution in [0.3, 0.4) is 0 Å². The number of thiophene rings is 1. The van der Waals surface area contributed by atoms with Crippen molar-refractivity contribution in [1.29, 1.82) is 0 Å². The Balaban J connectivity index is 2.49. The summed E-state index contributed by atoms with van der Waals surface area (Å²) in [6.45, 7) is 9.63. The minimum absolute atomic E-state index is 0.0953. The zero-order chi connectivity index (χ0) is 14.3. The van der Waals surface area contributed by atoms with Gasteiger partial charge in [-0.05, 0) is 35.1 Å². The number of carbonyl (C=O) groups is 1. The van der Waals surface area contributed by atoms with E-state index in [0.29, 0.717) is 19.6 Å². The molecule has 0 aliphatic heterocycles. The van der Waals surface area contributed by atoms with Gasteiger partial charge in [-0.25, -0.2) is 0 Å². The topological polar surface area (TPSA) is 23.6 Å². The molecular formula is C14H19BrN2OS. The molecule has 5 heteroatoms. The van der Waals surface area contributed by atoms with Crippen molar-refractivity contribution >= 4 is 33.2 Å². The largest absolute Gasteiger partial charge is 0.334 e. The van der Waals surface area contributed by atoms with E-state index < -0.39 is 0 Å². The fourth-order valence-corrected chi connectivity index (χ4v) is 3.24. The third kappa shape index (κ3) is 5.72. The number of likely N-dealkylation sites (N-methyl/N-ethyl adjacent to an activating group) is 1. The molecule has 1 rings (SSSR count). The maximum absolute atomic E-state index is 12.1. The SMILES string of the molecule is C=CCN(CC=C)C(=O)CN(C)Cc1ccc(Br)s1. The molecule has 1 aromatic heterocycles. The van der Waals surface area contributed by atoms with Crippen LogP contribution in [0.25, 0.3) is 0 Å². The van der Waals surface area contributed by atoms with Crippen LogP contribution < -0.4 is 0 Å². The standard InChI is InChI=1S/C14H19BrN2OS/c1-4-8-17(9-5-2)14(18)11-16(3)10-12-6-7-13(15)19-12/h4-7H,1-2,8-11H2,3H3. The number of rotatable bonds is 8. The van der Waals surface area contributed by atoms with Crippen LogP contribution in [0.15, 0.2) is 41.2 Å². The first-order valence-electron chi connectivity index (χ1n) is 5.99. The first-order valence-corrected chi connectivity index (χ1v) is 7.60. The lowest BCUT2D eigenvalue weighted by Gasteiger charge is -2.23. The molecule has 0 bridgehead atoms. The zero-order valence-corrected chi connectivity index (χ0v) is 13.5. The summed E-state index contributed by atoms with van der Waals surface area (Å²) in [5.74, 6) is 0.0953. The van der Waals surface area contributed by atoms with Crippen molar-refractivity contribution < 1.29 is 4.79 Å². The first-order chi connectivity index (χ1) is 9.06. The minimum atomic E-state index is 0.0953. The van der Waals surface area contributed by atoms with Crippen LogP contribution >= 0.6 is 27.3 Å². The van der Waals surface area contributed by atoms with Crippen molar-refractivity contribution in [2.75, 3.05) is 26.7 Å². The van der Waals surface area contributed by atoms with Crippen molar-refractivity contribution in [2.45, 2.75) is 6.54 Å². The molecule has 0 spiro atoms. The maximum Gasteiger partial charge on any atom is 0.237 e. The van der Waals surface area contributed by atoms with Gasteiger partial charge in [0.1, 0.15) is 0 Å². The Morgan fingerprint density at radius 3 is 2.47 bits per heavy atom. The first kappa shape index (κ1) is 16.1. The average Bonchev–Trinajstić information content (AvgIpc) is 2.74. The molecule has 0 unspecified atom stereocenters. The maximum atomic E-state index is 12.1. The molecule has 0 atom stereocenters. The summed E-state index contributed by atoms with van der Waals surface area (Å²) in [7, 11) is 1.95. The molecule has 0 N–H and O–H groups in total. The molecular weight excluding hydrogens is 324 g/mol. The fraction of sp³-hybridized carbons (Fsp3) is 0.357. The average molecular weight is 343 g/mol. The van der Waals surface area contributed by atoms with Gasteiger partial charge in [0.15, 0.2) is 0 Å². The van der Waals surface area contributed by atoms with E-state index in [2.05, 4.69) is 35.2 Å². The summed E-state index contributed by atoms with van der Waals surface area (Å²) in [5.41, 5.74) is 0. The number of nitrogens with zero attached hydrogens (tertiary/aromatic N) is 2. The molecule has 0 aliphatic carbocycles. The normalized spacial score (nSPS) is 10.5. The lowest BCUT2D eigenvalue weighted by molar-refractivity contribution is -0.131. The van der Waals surface area contributed by atoms with Crippen LogP contribution in [-0.4, -0.2) is 42.4 Å². The van der Waals surface area contributed by atoms with Gasteiger partial charge in [0.05, 0.1) is 10.3 Å². The second-order valence-corrected chi connectivity index (χ2v) is 6.80. The van der Waals surface area contributed by atoms with Crippen LogP contribution in [0.5, 0.6) is 0 Å². The smallest absolute Gasteiger partial charge is 0.237 e. The molecule has 104 valence electrons. The summed E-state index contributed by atoms with van der Waals surface area (Å²) < 4.78 is 1.11. The van der Waals surface area contributed by atoms with Crippen molar-refractivity contribution in [2.24, 2.45) is 0 Å². The number of carbonyl (C=O) groups excluding carboxylic acids is 1. The summed E-state index contributed by atoms with van der Waals surface area (Å²) in [6, 6.07) is 4.10. The predicted octanol–water partition coefficient (Wildman–Crippen LogP) is 3.14. The van der Waals surface area contributed by atoms with Gasteiger partial charge in [-0.15, -0.1) is 24.5 Å². The Hall–Kier alpha value is -0.910. The van der Waals surface area contributed by atoms with E-state index >= 15 is 0 Å². The van der Waals surface area contributed by atoms with Crippen molar-refractivity contribution in [1.82, 2.24) is 9.80 Å². The highest BCUT2D eigenvalue weighted by Gasteiger charge is 2.13. The van der Waals surface area contributed by atoms with Gasteiger partial charge in [0.25, 0.3) is 0 Å². The number of amides is 1. The second kappa shape index (κ2) is 8.30. The van der Waals surface area contributed by atoms with E-state index in [9.17, 15) is 4.79 Å². The molecule has 1 aromatic rings. The molecule has 1 heterocycles. The van der Waals surface area contributed by atoms with Crippen LogP contribution in [0.2, 0.25) is 0 Å². The Morgan fingerprint density at radius 1 is 1.37 bits per heavy atom. The highest BCUT2D eigenvalue weighted by molar-refractivity contribution is 9.11. The van der Waals surface area contributed by atoms with Crippen LogP contribution in [0.4, 0.5) is 0 Å². The summed E-state index contributed by atoms with van der Waals surface area (Å²) >= 11 is 5.13. The molecule has 19 heavy (non-hydrogen) atoms.